The molecule has 1 amide bonds. The molecular weight excluding hydrogens is 294 g/mol. The van der Waals surface area contributed by atoms with E-state index in [9.17, 15) is 9.90 Å². The maximum absolute atomic E-state index is 11.3. The first-order valence-corrected chi connectivity index (χ1v) is 8.41. The molecule has 3 aliphatic rings. The summed E-state index contributed by atoms with van der Waals surface area (Å²) in [7, 11) is 0. The van der Waals surface area contributed by atoms with Crippen molar-refractivity contribution in [2.45, 2.75) is 31.4 Å². The zero-order valence-electron chi connectivity index (χ0n) is 13.0. The van der Waals surface area contributed by atoms with E-state index in [1.807, 2.05) is 6.07 Å². The quantitative estimate of drug-likeness (QED) is 0.773. The molecule has 3 fully saturated rings. The van der Waals surface area contributed by atoms with Gasteiger partial charge in [-0.15, -0.1) is 0 Å². The molecule has 6 nitrogen and oxygen atoms in total. The minimum atomic E-state index is -0.889. The van der Waals surface area contributed by atoms with Crippen molar-refractivity contribution in [3.8, 4) is 0 Å². The van der Waals surface area contributed by atoms with Crippen molar-refractivity contribution in [2.24, 2.45) is 17.8 Å². The Labute approximate surface area is 135 Å². The molecule has 4 rings (SSSR count). The van der Waals surface area contributed by atoms with Crippen LogP contribution < -0.4 is 10.9 Å². The van der Waals surface area contributed by atoms with Crippen LogP contribution in [0.5, 0.6) is 0 Å². The molecule has 0 radical (unpaired) electrons. The smallest absolute Gasteiger partial charge is 0.421 e. The number of nitrogens with one attached hydrogen (secondary N) is 2. The van der Waals surface area contributed by atoms with Gasteiger partial charge in [0.2, 0.25) is 0 Å². The van der Waals surface area contributed by atoms with E-state index in [1.54, 1.807) is 0 Å². The molecule has 1 aliphatic carbocycles. The minimum absolute atomic E-state index is 0.167. The van der Waals surface area contributed by atoms with Crippen molar-refractivity contribution in [2.75, 3.05) is 13.1 Å². The average Bonchev–Trinajstić information content (AvgIpc) is 3.00. The van der Waals surface area contributed by atoms with E-state index >= 15 is 0 Å². The fourth-order valence-electron chi connectivity index (χ4n) is 4.62. The van der Waals surface area contributed by atoms with Gasteiger partial charge in [0, 0.05) is 19.1 Å². The lowest BCUT2D eigenvalue weighted by Gasteiger charge is -2.46. The topological polar surface area (TPSA) is 73.8 Å². The van der Waals surface area contributed by atoms with E-state index in [2.05, 4.69) is 35.2 Å². The molecule has 2 heterocycles. The summed E-state index contributed by atoms with van der Waals surface area (Å²) in [5, 5.41) is 10.7. The number of hydrazine groups is 1. The summed E-state index contributed by atoms with van der Waals surface area (Å²) in [4.78, 5) is 17.1. The van der Waals surface area contributed by atoms with Gasteiger partial charge < -0.3 is 5.11 Å². The molecule has 0 bridgehead atoms. The Morgan fingerprint density at radius 3 is 2.91 bits per heavy atom. The third-order valence-corrected chi connectivity index (χ3v) is 5.66. The molecule has 5 atom stereocenters. The monoisotopic (exact) mass is 317 g/mol. The van der Waals surface area contributed by atoms with Crippen molar-refractivity contribution >= 4 is 6.09 Å². The van der Waals surface area contributed by atoms with Crippen LogP contribution in [0.4, 0.5) is 4.79 Å². The molecule has 0 spiro atoms. The minimum Gasteiger partial charge on any atom is -0.464 e. The summed E-state index contributed by atoms with van der Waals surface area (Å²) in [6.45, 7) is 1.45. The second kappa shape index (κ2) is 6.11. The van der Waals surface area contributed by atoms with Crippen molar-refractivity contribution < 1.29 is 14.7 Å². The lowest BCUT2D eigenvalue weighted by Crippen LogP contribution is -2.53. The van der Waals surface area contributed by atoms with Crippen LogP contribution in [0.2, 0.25) is 0 Å². The number of carbonyl (C=O) groups is 1. The number of benzene rings is 1. The third kappa shape index (κ3) is 2.82. The van der Waals surface area contributed by atoms with Gasteiger partial charge >= 0.3 is 6.09 Å². The van der Waals surface area contributed by atoms with Gasteiger partial charge in [-0.3, -0.25) is 4.84 Å². The van der Waals surface area contributed by atoms with E-state index in [-0.39, 0.29) is 12.1 Å². The third-order valence-electron chi connectivity index (χ3n) is 5.66. The maximum Gasteiger partial charge on any atom is 0.421 e. The first kappa shape index (κ1) is 14.9. The van der Waals surface area contributed by atoms with Crippen molar-refractivity contribution in [1.29, 1.82) is 0 Å². The number of rotatable bonds is 2. The first-order valence-electron chi connectivity index (χ1n) is 8.41. The highest BCUT2D eigenvalue weighted by atomic mass is 16.7. The molecule has 2 aliphatic heterocycles. The zero-order valence-corrected chi connectivity index (χ0v) is 13.0. The summed E-state index contributed by atoms with van der Waals surface area (Å²) in [5.41, 5.74) is 7.52. The molecule has 124 valence electrons. The van der Waals surface area contributed by atoms with Crippen LogP contribution in [0.25, 0.3) is 0 Å². The Kier molecular flexibility index (Phi) is 3.97. The molecule has 6 heteroatoms. The number of hydroxylamine groups is 1. The SMILES string of the molecule is O=C(O)N1CC2C(CC3ONCC[C@@H]3C2Cc2ccccc2)N1. The van der Waals surface area contributed by atoms with E-state index < -0.39 is 6.09 Å². The second-order valence-corrected chi connectivity index (χ2v) is 6.89. The first-order chi connectivity index (χ1) is 11.2. The molecular formula is C17H23N3O3. The van der Waals surface area contributed by atoms with Gasteiger partial charge in [0.15, 0.2) is 0 Å². The predicted octanol–water partition coefficient (Wildman–Crippen LogP) is 1.64. The van der Waals surface area contributed by atoms with Crippen molar-refractivity contribution in [1.82, 2.24) is 15.9 Å². The lowest BCUT2D eigenvalue weighted by molar-refractivity contribution is -0.133. The molecule has 23 heavy (non-hydrogen) atoms. The van der Waals surface area contributed by atoms with Crippen LogP contribution in [0.15, 0.2) is 30.3 Å². The van der Waals surface area contributed by atoms with Crippen LogP contribution in [-0.4, -0.2) is 41.4 Å². The van der Waals surface area contributed by atoms with Crippen LogP contribution in [0.3, 0.4) is 0 Å². The Morgan fingerprint density at radius 2 is 2.13 bits per heavy atom. The van der Waals surface area contributed by atoms with Crippen LogP contribution in [0.1, 0.15) is 18.4 Å². The van der Waals surface area contributed by atoms with Gasteiger partial charge in [0.25, 0.3) is 0 Å². The van der Waals surface area contributed by atoms with Gasteiger partial charge in [-0.25, -0.2) is 20.7 Å². The van der Waals surface area contributed by atoms with Gasteiger partial charge in [-0.05, 0) is 42.6 Å². The molecule has 2 saturated heterocycles. The largest absolute Gasteiger partial charge is 0.464 e. The lowest BCUT2D eigenvalue weighted by atomic mass is 9.65. The van der Waals surface area contributed by atoms with Crippen LogP contribution in [0, 0.1) is 17.8 Å². The number of hydrogen-bond acceptors (Lipinski definition) is 4. The maximum atomic E-state index is 11.3. The second-order valence-electron chi connectivity index (χ2n) is 6.89. The van der Waals surface area contributed by atoms with E-state index in [0.29, 0.717) is 24.3 Å². The molecule has 1 aromatic rings. The highest BCUT2D eigenvalue weighted by molar-refractivity contribution is 5.64. The van der Waals surface area contributed by atoms with Gasteiger partial charge in [0.05, 0.1) is 6.10 Å². The fraction of sp³-hybridized carbons (Fsp3) is 0.588. The van der Waals surface area contributed by atoms with E-state index in [4.69, 9.17) is 4.84 Å². The molecule has 0 aromatic heterocycles. The summed E-state index contributed by atoms with van der Waals surface area (Å²) in [5.74, 6) is 1.29. The number of carboxylic acid groups (broad SMARTS) is 1. The highest BCUT2D eigenvalue weighted by Crippen LogP contribution is 2.43. The summed E-state index contributed by atoms with van der Waals surface area (Å²) >= 11 is 0. The summed E-state index contributed by atoms with van der Waals surface area (Å²) in [6, 6.07) is 10.7. The van der Waals surface area contributed by atoms with Crippen LogP contribution in [-0.2, 0) is 11.3 Å². The van der Waals surface area contributed by atoms with Gasteiger partial charge in [0.1, 0.15) is 0 Å². The van der Waals surface area contributed by atoms with Gasteiger partial charge in [-0.2, -0.15) is 0 Å². The Balaban J connectivity index is 1.59. The van der Waals surface area contributed by atoms with E-state index in [1.165, 1.54) is 10.6 Å². The standard InChI is InChI=1S/C17H23N3O3/c21-17(22)20-10-14-13(8-11-4-2-1-3-5-11)12-6-7-18-23-16(12)9-15(14)19-20/h1-5,12-16,18-19H,6-10H2,(H,21,22)/t12-,13?,14?,15?,16?/m1/s1. The number of fused-ring (bicyclic) bond motifs is 2. The molecule has 3 N–H and O–H groups in total. The Bertz CT molecular complexity index is 567. The number of nitrogens with zero attached hydrogens (tertiary/aromatic N) is 1. The molecule has 4 unspecified atom stereocenters. The summed E-state index contributed by atoms with van der Waals surface area (Å²) < 4.78 is 0. The Morgan fingerprint density at radius 1 is 1.30 bits per heavy atom. The fourth-order valence-corrected chi connectivity index (χ4v) is 4.62. The molecule has 1 saturated carbocycles. The van der Waals surface area contributed by atoms with E-state index in [0.717, 1.165) is 25.8 Å². The predicted molar refractivity (Wildman–Crippen MR) is 84.4 cm³/mol. The van der Waals surface area contributed by atoms with Crippen molar-refractivity contribution in [3.05, 3.63) is 35.9 Å². The van der Waals surface area contributed by atoms with Crippen LogP contribution >= 0.6 is 0 Å². The number of amides is 1. The number of hydrogen-bond donors (Lipinski definition) is 3. The van der Waals surface area contributed by atoms with Gasteiger partial charge in [-0.1, -0.05) is 30.3 Å². The Hall–Kier alpha value is -1.63. The summed E-state index contributed by atoms with van der Waals surface area (Å²) in [6.07, 6.45) is 2.23. The average molecular weight is 317 g/mol. The zero-order chi connectivity index (χ0) is 15.8. The molecule has 1 aromatic carbocycles. The van der Waals surface area contributed by atoms with Crippen molar-refractivity contribution in [3.63, 3.8) is 0 Å². The normalized spacial score (nSPS) is 36.3. The highest BCUT2D eigenvalue weighted by Gasteiger charge is 2.50.